The Bertz CT molecular complexity index is 916. The minimum Gasteiger partial charge on any atom is -0.347 e. The molecular weight excluding hydrogens is 403 g/mol. The van der Waals surface area contributed by atoms with Gasteiger partial charge in [0, 0.05) is 35.3 Å². The summed E-state index contributed by atoms with van der Waals surface area (Å²) < 4.78 is 37.8. The van der Waals surface area contributed by atoms with E-state index in [1.165, 1.54) is 23.8 Å². The maximum atomic E-state index is 12.6. The molecule has 3 heterocycles. The summed E-state index contributed by atoms with van der Waals surface area (Å²) in [7, 11) is 0. The van der Waals surface area contributed by atoms with Crippen molar-refractivity contribution in [2.45, 2.75) is 25.1 Å². The molecule has 2 amide bonds. The Morgan fingerprint density at radius 2 is 1.90 bits per heavy atom. The third-order valence-corrected chi connectivity index (χ3v) is 6.45. The van der Waals surface area contributed by atoms with Crippen LogP contribution in [0.5, 0.6) is 0 Å². The van der Waals surface area contributed by atoms with E-state index in [9.17, 15) is 22.8 Å². The molecule has 2 saturated heterocycles. The summed E-state index contributed by atoms with van der Waals surface area (Å²) in [6.07, 6.45) is -2.81. The lowest BCUT2D eigenvalue weighted by atomic mass is 9.97. The SMILES string of the molecule is O=C(N[C@@H]1C[C@H]2CCN(C2)C1)c1ccc(-c2ccccc2NC(=O)C(F)(F)F)s1. The molecule has 2 N–H and O–H groups in total. The van der Waals surface area contributed by atoms with E-state index in [1.54, 1.807) is 30.3 Å². The van der Waals surface area contributed by atoms with E-state index in [-0.39, 0.29) is 17.6 Å². The van der Waals surface area contributed by atoms with Crippen molar-refractivity contribution < 1.29 is 22.8 Å². The number of rotatable bonds is 4. The molecule has 1 unspecified atom stereocenters. The van der Waals surface area contributed by atoms with Gasteiger partial charge in [-0.3, -0.25) is 9.59 Å². The van der Waals surface area contributed by atoms with Crippen LogP contribution in [0.15, 0.2) is 36.4 Å². The van der Waals surface area contributed by atoms with Crippen molar-refractivity contribution >= 4 is 28.8 Å². The lowest BCUT2D eigenvalue weighted by Gasteiger charge is -2.30. The van der Waals surface area contributed by atoms with E-state index in [4.69, 9.17) is 0 Å². The number of anilines is 1. The van der Waals surface area contributed by atoms with Crippen LogP contribution in [-0.2, 0) is 4.79 Å². The number of carbonyl (C=O) groups is 2. The Hall–Kier alpha value is -2.39. The van der Waals surface area contributed by atoms with Crippen LogP contribution in [0, 0.1) is 5.92 Å². The van der Waals surface area contributed by atoms with Crippen LogP contribution < -0.4 is 10.6 Å². The smallest absolute Gasteiger partial charge is 0.347 e. The fourth-order valence-electron chi connectivity index (χ4n) is 4.03. The number of nitrogens with one attached hydrogen (secondary N) is 2. The number of nitrogens with zero attached hydrogens (tertiary/aromatic N) is 1. The van der Waals surface area contributed by atoms with Gasteiger partial charge in [-0.15, -0.1) is 11.3 Å². The maximum Gasteiger partial charge on any atom is 0.471 e. The summed E-state index contributed by atoms with van der Waals surface area (Å²) in [5.41, 5.74) is 0.497. The Morgan fingerprint density at radius 3 is 2.66 bits per heavy atom. The first kappa shape index (κ1) is 19.9. The molecular formula is C20H20F3N3O2S. The van der Waals surface area contributed by atoms with Crippen LogP contribution in [0.25, 0.3) is 10.4 Å². The summed E-state index contributed by atoms with van der Waals surface area (Å²) in [6.45, 7) is 3.04. The number of amides is 2. The van der Waals surface area contributed by atoms with Crippen LogP contribution in [0.3, 0.4) is 0 Å². The largest absolute Gasteiger partial charge is 0.471 e. The van der Waals surface area contributed by atoms with Crippen molar-refractivity contribution in [1.82, 2.24) is 10.2 Å². The second-order valence-corrected chi connectivity index (χ2v) is 8.57. The van der Waals surface area contributed by atoms with Crippen molar-refractivity contribution in [3.8, 4) is 10.4 Å². The van der Waals surface area contributed by atoms with Crippen LogP contribution in [0.1, 0.15) is 22.5 Å². The molecule has 5 nitrogen and oxygen atoms in total. The first-order chi connectivity index (χ1) is 13.8. The van der Waals surface area contributed by atoms with E-state index in [0.29, 0.717) is 21.2 Å². The summed E-state index contributed by atoms with van der Waals surface area (Å²) >= 11 is 1.19. The number of benzene rings is 1. The lowest BCUT2D eigenvalue weighted by Crippen LogP contribution is -2.46. The maximum absolute atomic E-state index is 12.6. The van der Waals surface area contributed by atoms with Gasteiger partial charge >= 0.3 is 12.1 Å². The van der Waals surface area contributed by atoms with Crippen LogP contribution in [0.4, 0.5) is 18.9 Å². The van der Waals surface area contributed by atoms with Crippen LogP contribution >= 0.6 is 11.3 Å². The summed E-state index contributed by atoms with van der Waals surface area (Å²) in [5, 5.41) is 4.99. The average Bonchev–Trinajstić information content (AvgIpc) is 3.28. The molecule has 154 valence electrons. The monoisotopic (exact) mass is 423 g/mol. The number of para-hydroxylation sites is 1. The number of hydrogen-bond donors (Lipinski definition) is 2. The normalized spacial score (nSPS) is 23.6. The lowest BCUT2D eigenvalue weighted by molar-refractivity contribution is -0.167. The number of hydrogen-bond acceptors (Lipinski definition) is 4. The molecule has 9 heteroatoms. The molecule has 4 rings (SSSR count). The molecule has 0 aliphatic carbocycles. The predicted molar refractivity (Wildman–Crippen MR) is 105 cm³/mol. The zero-order valence-corrected chi connectivity index (χ0v) is 16.3. The van der Waals surface area contributed by atoms with Crippen molar-refractivity contribution in [3.63, 3.8) is 0 Å². The predicted octanol–water partition coefficient (Wildman–Crippen LogP) is 3.74. The Morgan fingerprint density at radius 1 is 1.10 bits per heavy atom. The van der Waals surface area contributed by atoms with Crippen molar-refractivity contribution in [2.75, 3.05) is 25.0 Å². The molecule has 2 bridgehead atoms. The van der Waals surface area contributed by atoms with Gasteiger partial charge in [-0.1, -0.05) is 18.2 Å². The van der Waals surface area contributed by atoms with Crippen LogP contribution in [-0.4, -0.2) is 48.6 Å². The summed E-state index contributed by atoms with van der Waals surface area (Å²) in [6, 6.07) is 9.71. The van der Waals surface area contributed by atoms with Gasteiger partial charge in [-0.25, -0.2) is 0 Å². The molecule has 0 radical (unpaired) electrons. The van der Waals surface area contributed by atoms with Gasteiger partial charge in [0.15, 0.2) is 0 Å². The zero-order valence-electron chi connectivity index (χ0n) is 15.5. The molecule has 0 spiro atoms. The van der Waals surface area contributed by atoms with E-state index in [1.807, 2.05) is 5.32 Å². The van der Waals surface area contributed by atoms with E-state index in [2.05, 4.69) is 10.2 Å². The second kappa shape index (κ2) is 7.79. The highest BCUT2D eigenvalue weighted by molar-refractivity contribution is 7.17. The number of piperidine rings is 1. The molecule has 2 aliphatic heterocycles. The molecule has 2 aliphatic rings. The van der Waals surface area contributed by atoms with Crippen molar-refractivity contribution in [3.05, 3.63) is 41.3 Å². The molecule has 1 aromatic heterocycles. The summed E-state index contributed by atoms with van der Waals surface area (Å²) in [5.74, 6) is -1.57. The first-order valence-electron chi connectivity index (χ1n) is 9.40. The Labute approximate surface area is 169 Å². The van der Waals surface area contributed by atoms with E-state index >= 15 is 0 Å². The molecule has 29 heavy (non-hydrogen) atoms. The minimum absolute atomic E-state index is 0.0558. The van der Waals surface area contributed by atoms with Gasteiger partial charge in [0.1, 0.15) is 0 Å². The Balaban J connectivity index is 1.48. The van der Waals surface area contributed by atoms with Gasteiger partial charge in [-0.2, -0.15) is 13.2 Å². The van der Waals surface area contributed by atoms with Crippen molar-refractivity contribution in [2.24, 2.45) is 5.92 Å². The highest BCUT2D eigenvalue weighted by Gasteiger charge is 2.39. The van der Waals surface area contributed by atoms with Crippen LogP contribution in [0.2, 0.25) is 0 Å². The third-order valence-electron chi connectivity index (χ3n) is 5.33. The number of fused-ring (bicyclic) bond motifs is 2. The van der Waals surface area contributed by atoms with E-state index in [0.717, 1.165) is 26.1 Å². The topological polar surface area (TPSA) is 61.4 Å². The standard InChI is InChI=1S/C20H20F3N3O2S/c21-20(22,23)19(28)25-15-4-2-1-3-14(15)16-5-6-17(29-16)18(27)24-13-9-12-7-8-26(10-12)11-13/h1-6,12-13H,7-11H2,(H,24,27)(H,25,28)/t12-,13-/m1/s1. The van der Waals surface area contributed by atoms with Gasteiger partial charge in [0.25, 0.3) is 5.91 Å². The Kier molecular flexibility index (Phi) is 5.35. The van der Waals surface area contributed by atoms with E-state index < -0.39 is 12.1 Å². The number of thiophene rings is 1. The molecule has 2 aromatic rings. The number of carbonyl (C=O) groups excluding carboxylic acids is 2. The van der Waals surface area contributed by atoms with Gasteiger partial charge in [0.2, 0.25) is 0 Å². The highest BCUT2D eigenvalue weighted by Crippen LogP contribution is 2.34. The molecule has 3 atom stereocenters. The quantitative estimate of drug-likeness (QED) is 0.788. The zero-order chi connectivity index (χ0) is 20.6. The number of alkyl halides is 3. The number of halogens is 3. The van der Waals surface area contributed by atoms with Crippen molar-refractivity contribution in [1.29, 1.82) is 0 Å². The molecule has 0 saturated carbocycles. The second-order valence-electron chi connectivity index (χ2n) is 7.48. The average molecular weight is 423 g/mol. The molecule has 1 aromatic carbocycles. The first-order valence-corrected chi connectivity index (χ1v) is 10.2. The minimum atomic E-state index is -4.97. The van der Waals surface area contributed by atoms with Gasteiger partial charge in [0.05, 0.1) is 4.88 Å². The molecule has 2 fully saturated rings. The van der Waals surface area contributed by atoms with Gasteiger partial charge in [-0.05, 0) is 43.5 Å². The van der Waals surface area contributed by atoms with Gasteiger partial charge < -0.3 is 15.5 Å². The fraction of sp³-hybridized carbons (Fsp3) is 0.400. The summed E-state index contributed by atoms with van der Waals surface area (Å²) in [4.78, 5) is 27.4. The fourth-order valence-corrected chi connectivity index (χ4v) is 4.97. The highest BCUT2D eigenvalue weighted by atomic mass is 32.1. The third kappa shape index (κ3) is 4.45.